The minimum atomic E-state index is -0.258. The van der Waals surface area contributed by atoms with E-state index in [2.05, 4.69) is 15.2 Å². The molecule has 0 saturated carbocycles. The highest BCUT2D eigenvalue weighted by Crippen LogP contribution is 2.26. The van der Waals surface area contributed by atoms with E-state index in [1.165, 1.54) is 0 Å². The lowest BCUT2D eigenvalue weighted by Crippen LogP contribution is -2.50. The molecule has 0 bridgehead atoms. The topological polar surface area (TPSA) is 82.8 Å². The molecule has 1 aromatic carbocycles. The molecule has 2 aliphatic heterocycles. The van der Waals surface area contributed by atoms with Crippen LogP contribution in [0.5, 0.6) is 0 Å². The van der Waals surface area contributed by atoms with E-state index < -0.39 is 0 Å². The van der Waals surface area contributed by atoms with Gasteiger partial charge >= 0.3 is 0 Å². The Morgan fingerprint density at radius 2 is 1.89 bits per heavy atom. The largest absolute Gasteiger partial charge is 0.340 e. The van der Waals surface area contributed by atoms with Gasteiger partial charge in [-0.25, -0.2) is 4.63 Å². The van der Waals surface area contributed by atoms with Crippen LogP contribution in [-0.4, -0.2) is 64.7 Å². The number of hydrogen-bond donors (Lipinski definition) is 0. The standard InChI is InChI=1S/C19H23N5O3/c1-14-17(21-27-20-14)13-22-7-9-23(10-8-22)19(26)15-11-18(25)24(12-15)16-5-3-2-4-6-16/h2-6,15H,7-13H2,1H3. The second kappa shape index (κ2) is 7.48. The maximum atomic E-state index is 12.9. The van der Waals surface area contributed by atoms with Crippen LogP contribution < -0.4 is 4.90 Å². The van der Waals surface area contributed by atoms with Crippen LogP contribution in [0.15, 0.2) is 35.0 Å². The normalized spacial score (nSPS) is 21.1. The zero-order valence-electron chi connectivity index (χ0n) is 15.4. The van der Waals surface area contributed by atoms with E-state index in [1.807, 2.05) is 42.2 Å². The highest BCUT2D eigenvalue weighted by Gasteiger charge is 2.37. The summed E-state index contributed by atoms with van der Waals surface area (Å²) in [5, 5.41) is 7.72. The third kappa shape index (κ3) is 3.71. The van der Waals surface area contributed by atoms with Crippen molar-refractivity contribution in [2.24, 2.45) is 5.92 Å². The molecule has 0 radical (unpaired) electrons. The van der Waals surface area contributed by atoms with E-state index in [9.17, 15) is 9.59 Å². The molecule has 8 nitrogen and oxygen atoms in total. The average molecular weight is 369 g/mol. The van der Waals surface area contributed by atoms with Crippen LogP contribution in [0.1, 0.15) is 17.8 Å². The Bertz CT molecular complexity index is 814. The number of para-hydroxylation sites is 1. The minimum absolute atomic E-state index is 0.0205. The van der Waals surface area contributed by atoms with Gasteiger partial charge in [-0.2, -0.15) is 0 Å². The van der Waals surface area contributed by atoms with Gasteiger partial charge in [-0.1, -0.05) is 28.5 Å². The summed E-state index contributed by atoms with van der Waals surface area (Å²) in [5.74, 6) is -0.154. The van der Waals surface area contributed by atoms with Crippen molar-refractivity contribution in [1.29, 1.82) is 0 Å². The molecule has 0 N–H and O–H groups in total. The number of hydrogen-bond acceptors (Lipinski definition) is 6. The molecule has 0 spiro atoms. The lowest BCUT2D eigenvalue weighted by atomic mass is 10.1. The Hall–Kier alpha value is -2.74. The van der Waals surface area contributed by atoms with Gasteiger partial charge < -0.3 is 9.80 Å². The molecule has 1 unspecified atom stereocenters. The number of carbonyl (C=O) groups is 2. The quantitative estimate of drug-likeness (QED) is 0.802. The smallest absolute Gasteiger partial charge is 0.228 e. The summed E-state index contributed by atoms with van der Waals surface area (Å²) in [6.07, 6.45) is 0.289. The van der Waals surface area contributed by atoms with Crippen LogP contribution in [0.4, 0.5) is 5.69 Å². The second-order valence-electron chi connectivity index (χ2n) is 7.14. The minimum Gasteiger partial charge on any atom is -0.340 e. The van der Waals surface area contributed by atoms with Gasteiger partial charge in [0.05, 0.1) is 5.92 Å². The number of aryl methyl sites for hydroxylation is 1. The maximum absolute atomic E-state index is 12.9. The third-order valence-corrected chi connectivity index (χ3v) is 5.35. The van der Waals surface area contributed by atoms with Crippen LogP contribution in [-0.2, 0) is 16.1 Å². The summed E-state index contributed by atoms with van der Waals surface area (Å²) >= 11 is 0. The molecule has 3 heterocycles. The summed E-state index contributed by atoms with van der Waals surface area (Å²) in [6.45, 7) is 5.91. The van der Waals surface area contributed by atoms with E-state index in [1.54, 1.807) is 4.90 Å². The van der Waals surface area contributed by atoms with Gasteiger partial charge in [0.1, 0.15) is 11.4 Å². The maximum Gasteiger partial charge on any atom is 0.228 e. The monoisotopic (exact) mass is 369 g/mol. The Balaban J connectivity index is 1.32. The lowest BCUT2D eigenvalue weighted by molar-refractivity contribution is -0.137. The highest BCUT2D eigenvalue weighted by molar-refractivity contribution is 6.00. The SMILES string of the molecule is Cc1nonc1CN1CCN(C(=O)C2CC(=O)N(c3ccccc3)C2)CC1. The summed E-state index contributed by atoms with van der Waals surface area (Å²) in [6, 6.07) is 9.55. The van der Waals surface area contributed by atoms with Crippen molar-refractivity contribution in [2.45, 2.75) is 19.9 Å². The summed E-state index contributed by atoms with van der Waals surface area (Å²) in [4.78, 5) is 31.1. The van der Waals surface area contributed by atoms with E-state index >= 15 is 0 Å². The molecule has 4 rings (SSSR count). The molecular weight excluding hydrogens is 346 g/mol. The van der Waals surface area contributed by atoms with Crippen molar-refractivity contribution in [2.75, 3.05) is 37.6 Å². The fraction of sp³-hybridized carbons (Fsp3) is 0.474. The number of amides is 2. The molecule has 27 heavy (non-hydrogen) atoms. The summed E-state index contributed by atoms with van der Waals surface area (Å²) < 4.78 is 4.74. The predicted molar refractivity (Wildman–Crippen MR) is 97.8 cm³/mol. The molecule has 2 saturated heterocycles. The predicted octanol–water partition coefficient (Wildman–Crippen LogP) is 1.08. The molecule has 142 valence electrons. The van der Waals surface area contributed by atoms with Crippen molar-refractivity contribution < 1.29 is 14.2 Å². The van der Waals surface area contributed by atoms with Gasteiger partial charge in [0.25, 0.3) is 0 Å². The van der Waals surface area contributed by atoms with Crippen molar-refractivity contribution in [1.82, 2.24) is 20.1 Å². The number of carbonyl (C=O) groups excluding carboxylic acids is 2. The van der Waals surface area contributed by atoms with Gasteiger partial charge in [0.2, 0.25) is 11.8 Å². The average Bonchev–Trinajstić information content (AvgIpc) is 3.28. The first-order valence-electron chi connectivity index (χ1n) is 9.26. The Labute approximate surface area is 157 Å². The number of anilines is 1. The van der Waals surface area contributed by atoms with Gasteiger partial charge in [0, 0.05) is 51.4 Å². The second-order valence-corrected chi connectivity index (χ2v) is 7.14. The Morgan fingerprint density at radius 3 is 2.56 bits per heavy atom. The molecule has 2 amide bonds. The first-order chi connectivity index (χ1) is 13.1. The molecular formula is C19H23N5O3. The van der Waals surface area contributed by atoms with Gasteiger partial charge in [-0.05, 0) is 19.1 Å². The van der Waals surface area contributed by atoms with E-state index in [4.69, 9.17) is 4.63 Å². The molecule has 2 aliphatic rings. The summed E-state index contributed by atoms with van der Waals surface area (Å²) in [5.41, 5.74) is 2.51. The molecule has 2 aromatic rings. The lowest BCUT2D eigenvalue weighted by Gasteiger charge is -2.35. The zero-order chi connectivity index (χ0) is 18.8. The van der Waals surface area contributed by atoms with Gasteiger partial charge in [-0.3, -0.25) is 14.5 Å². The molecule has 0 aliphatic carbocycles. The number of benzene rings is 1. The fourth-order valence-corrected chi connectivity index (χ4v) is 3.72. The first-order valence-corrected chi connectivity index (χ1v) is 9.26. The van der Waals surface area contributed by atoms with Crippen molar-refractivity contribution >= 4 is 17.5 Å². The van der Waals surface area contributed by atoms with Crippen LogP contribution in [0, 0.1) is 12.8 Å². The first kappa shape index (κ1) is 17.7. The van der Waals surface area contributed by atoms with E-state index in [0.29, 0.717) is 26.2 Å². The van der Waals surface area contributed by atoms with Crippen molar-refractivity contribution in [3.8, 4) is 0 Å². The Kier molecular flexibility index (Phi) is 4.89. The van der Waals surface area contributed by atoms with Gasteiger partial charge in [0.15, 0.2) is 0 Å². The van der Waals surface area contributed by atoms with E-state index in [0.717, 1.165) is 30.2 Å². The van der Waals surface area contributed by atoms with Crippen LogP contribution >= 0.6 is 0 Å². The van der Waals surface area contributed by atoms with Crippen LogP contribution in [0.3, 0.4) is 0 Å². The fourth-order valence-electron chi connectivity index (χ4n) is 3.72. The number of piperazine rings is 1. The Morgan fingerprint density at radius 1 is 1.15 bits per heavy atom. The highest BCUT2D eigenvalue weighted by atomic mass is 16.6. The number of aromatic nitrogens is 2. The van der Waals surface area contributed by atoms with Crippen LogP contribution in [0.25, 0.3) is 0 Å². The third-order valence-electron chi connectivity index (χ3n) is 5.35. The molecule has 1 atom stereocenters. The van der Waals surface area contributed by atoms with Crippen molar-refractivity contribution in [3.63, 3.8) is 0 Å². The molecule has 1 aromatic heterocycles. The molecule has 2 fully saturated rings. The summed E-state index contributed by atoms with van der Waals surface area (Å²) in [7, 11) is 0. The number of rotatable bonds is 4. The number of nitrogens with zero attached hydrogens (tertiary/aromatic N) is 5. The van der Waals surface area contributed by atoms with Crippen molar-refractivity contribution in [3.05, 3.63) is 41.7 Å². The zero-order valence-corrected chi connectivity index (χ0v) is 15.4. The van der Waals surface area contributed by atoms with E-state index in [-0.39, 0.29) is 24.2 Å². The van der Waals surface area contributed by atoms with Crippen LogP contribution in [0.2, 0.25) is 0 Å². The van der Waals surface area contributed by atoms with Gasteiger partial charge in [-0.15, -0.1) is 0 Å². The molecule has 8 heteroatoms.